The van der Waals surface area contributed by atoms with Crippen LogP contribution in [0, 0.1) is 15.9 Å². The van der Waals surface area contributed by atoms with E-state index in [1.165, 1.54) is 48.7 Å². The summed E-state index contributed by atoms with van der Waals surface area (Å²) < 4.78 is 18.7. The van der Waals surface area contributed by atoms with E-state index in [0.717, 1.165) is 0 Å². The van der Waals surface area contributed by atoms with E-state index >= 15 is 0 Å². The van der Waals surface area contributed by atoms with E-state index in [0.29, 0.717) is 22.3 Å². The first-order chi connectivity index (χ1) is 12.0. The number of fused-ring (bicyclic) bond motifs is 1. The van der Waals surface area contributed by atoms with Gasteiger partial charge in [0.2, 0.25) is 0 Å². The number of amides is 1. The van der Waals surface area contributed by atoms with Gasteiger partial charge in [-0.25, -0.2) is 4.39 Å². The Labute approximate surface area is 141 Å². The van der Waals surface area contributed by atoms with Gasteiger partial charge in [0.15, 0.2) is 6.61 Å². The highest BCUT2D eigenvalue weighted by Gasteiger charge is 2.09. The Morgan fingerprint density at radius 2 is 1.96 bits per heavy atom. The minimum absolute atomic E-state index is 0.0675. The Bertz CT molecular complexity index is 944. The molecule has 0 aliphatic heterocycles. The quantitative estimate of drug-likeness (QED) is 0.567. The molecule has 0 atom stereocenters. The van der Waals surface area contributed by atoms with Crippen LogP contribution in [-0.4, -0.2) is 22.4 Å². The normalized spacial score (nSPS) is 10.4. The van der Waals surface area contributed by atoms with E-state index in [-0.39, 0.29) is 12.3 Å². The van der Waals surface area contributed by atoms with Crippen molar-refractivity contribution in [3.63, 3.8) is 0 Å². The van der Waals surface area contributed by atoms with Gasteiger partial charge < -0.3 is 10.1 Å². The Morgan fingerprint density at radius 1 is 1.20 bits per heavy atom. The monoisotopic (exact) mass is 341 g/mol. The van der Waals surface area contributed by atoms with Crippen LogP contribution < -0.4 is 10.1 Å². The molecule has 0 fully saturated rings. The second kappa shape index (κ2) is 6.91. The fourth-order valence-electron chi connectivity index (χ4n) is 2.23. The molecule has 0 saturated carbocycles. The Hall–Kier alpha value is -3.55. The molecule has 8 heteroatoms. The molecule has 3 rings (SSSR count). The summed E-state index contributed by atoms with van der Waals surface area (Å²) in [6.45, 7) is -0.295. The van der Waals surface area contributed by atoms with Gasteiger partial charge in [-0.3, -0.25) is 19.9 Å². The second-order valence-corrected chi connectivity index (χ2v) is 5.11. The average Bonchev–Trinajstić information content (AvgIpc) is 2.61. The number of hydrogen-bond acceptors (Lipinski definition) is 5. The molecule has 1 aromatic heterocycles. The maximum Gasteiger partial charge on any atom is 0.269 e. The molecule has 126 valence electrons. The zero-order valence-corrected chi connectivity index (χ0v) is 12.8. The van der Waals surface area contributed by atoms with Gasteiger partial charge in [-0.15, -0.1) is 0 Å². The number of carbonyl (C=O) groups excluding carboxylic acids is 1. The lowest BCUT2D eigenvalue weighted by atomic mass is 10.2. The molecule has 0 spiro atoms. The largest absolute Gasteiger partial charge is 0.484 e. The molecule has 1 heterocycles. The lowest BCUT2D eigenvalue weighted by Gasteiger charge is -2.09. The van der Waals surface area contributed by atoms with Gasteiger partial charge in [-0.2, -0.15) is 0 Å². The zero-order chi connectivity index (χ0) is 17.8. The molecule has 0 aliphatic rings. The van der Waals surface area contributed by atoms with E-state index in [9.17, 15) is 19.3 Å². The predicted octanol–water partition coefficient (Wildman–Crippen LogP) is 3.30. The maximum atomic E-state index is 13.4. The summed E-state index contributed by atoms with van der Waals surface area (Å²) >= 11 is 0. The summed E-state index contributed by atoms with van der Waals surface area (Å²) in [5, 5.41) is 13.7. The van der Waals surface area contributed by atoms with Crippen LogP contribution in [-0.2, 0) is 4.79 Å². The Balaban J connectivity index is 1.67. The number of pyridine rings is 1. The summed E-state index contributed by atoms with van der Waals surface area (Å²) in [5.41, 5.74) is 0.902. The van der Waals surface area contributed by atoms with Crippen LogP contribution in [0.25, 0.3) is 10.9 Å². The van der Waals surface area contributed by atoms with Crippen LogP contribution in [0.1, 0.15) is 0 Å². The smallest absolute Gasteiger partial charge is 0.269 e. The standard InChI is InChI=1S/C17H12FN3O4/c18-11-1-6-15-14(9-11)16(7-8-19-15)20-17(22)10-25-13-4-2-12(3-5-13)21(23)24/h1-9H,10H2,(H,19,20,22). The number of nitrogens with zero attached hydrogens (tertiary/aromatic N) is 2. The molecular weight excluding hydrogens is 329 g/mol. The molecule has 1 amide bonds. The van der Waals surface area contributed by atoms with Crippen molar-refractivity contribution in [2.24, 2.45) is 0 Å². The first-order valence-corrected chi connectivity index (χ1v) is 7.24. The summed E-state index contributed by atoms with van der Waals surface area (Å²) in [4.78, 5) is 26.2. The number of non-ortho nitro benzene ring substituents is 1. The Morgan fingerprint density at radius 3 is 2.68 bits per heavy atom. The lowest BCUT2D eigenvalue weighted by Crippen LogP contribution is -2.20. The van der Waals surface area contributed by atoms with Crippen molar-refractivity contribution in [1.29, 1.82) is 0 Å². The number of benzene rings is 2. The van der Waals surface area contributed by atoms with E-state index in [1.807, 2.05) is 0 Å². The van der Waals surface area contributed by atoms with Crippen LogP contribution in [0.3, 0.4) is 0 Å². The fraction of sp³-hybridized carbons (Fsp3) is 0.0588. The van der Waals surface area contributed by atoms with Gasteiger partial charge >= 0.3 is 0 Å². The SMILES string of the molecule is O=C(COc1ccc([N+](=O)[O-])cc1)Nc1ccnc2ccc(F)cc12. The molecule has 7 nitrogen and oxygen atoms in total. The van der Waals surface area contributed by atoms with Crippen molar-refractivity contribution < 1.29 is 18.8 Å². The third-order valence-electron chi connectivity index (χ3n) is 3.40. The zero-order valence-electron chi connectivity index (χ0n) is 12.8. The van der Waals surface area contributed by atoms with Crippen molar-refractivity contribution >= 4 is 28.2 Å². The number of halogens is 1. The van der Waals surface area contributed by atoms with Gasteiger partial charge in [0.25, 0.3) is 11.6 Å². The van der Waals surface area contributed by atoms with Crippen molar-refractivity contribution in [1.82, 2.24) is 4.98 Å². The van der Waals surface area contributed by atoms with Crippen LogP contribution in [0.4, 0.5) is 15.8 Å². The summed E-state index contributed by atoms with van der Waals surface area (Å²) in [6.07, 6.45) is 1.51. The predicted molar refractivity (Wildman–Crippen MR) is 88.9 cm³/mol. The lowest BCUT2D eigenvalue weighted by molar-refractivity contribution is -0.384. The van der Waals surface area contributed by atoms with Crippen LogP contribution >= 0.6 is 0 Å². The van der Waals surface area contributed by atoms with Gasteiger partial charge in [-0.1, -0.05) is 0 Å². The molecule has 0 bridgehead atoms. The maximum absolute atomic E-state index is 13.4. The number of carbonyl (C=O) groups is 1. The number of nitro benzene ring substituents is 1. The average molecular weight is 341 g/mol. The van der Waals surface area contributed by atoms with Crippen molar-refractivity contribution in [2.45, 2.75) is 0 Å². The minimum Gasteiger partial charge on any atom is -0.484 e. The fourth-order valence-corrected chi connectivity index (χ4v) is 2.23. The highest BCUT2D eigenvalue weighted by atomic mass is 19.1. The number of aromatic nitrogens is 1. The molecule has 0 saturated heterocycles. The van der Waals surface area contributed by atoms with E-state index in [4.69, 9.17) is 4.74 Å². The second-order valence-electron chi connectivity index (χ2n) is 5.11. The van der Waals surface area contributed by atoms with Gasteiger partial charge in [-0.05, 0) is 36.4 Å². The number of nitro groups is 1. The van der Waals surface area contributed by atoms with Gasteiger partial charge in [0.1, 0.15) is 11.6 Å². The number of rotatable bonds is 5. The van der Waals surface area contributed by atoms with E-state index in [1.54, 1.807) is 6.07 Å². The molecule has 3 aromatic rings. The van der Waals surface area contributed by atoms with Crippen molar-refractivity contribution in [3.8, 4) is 5.75 Å². The summed E-state index contributed by atoms with van der Waals surface area (Å²) in [7, 11) is 0. The Kier molecular flexibility index (Phi) is 4.51. The van der Waals surface area contributed by atoms with Crippen LogP contribution in [0.15, 0.2) is 54.7 Å². The number of ether oxygens (including phenoxy) is 1. The molecule has 0 unspecified atom stereocenters. The van der Waals surface area contributed by atoms with Crippen molar-refractivity contribution in [2.75, 3.05) is 11.9 Å². The highest BCUT2D eigenvalue weighted by Crippen LogP contribution is 2.22. The topological polar surface area (TPSA) is 94.4 Å². The number of anilines is 1. The molecule has 0 radical (unpaired) electrons. The van der Waals surface area contributed by atoms with Crippen LogP contribution in [0.5, 0.6) is 5.75 Å². The third kappa shape index (κ3) is 3.86. The van der Waals surface area contributed by atoms with Crippen molar-refractivity contribution in [3.05, 3.63) is 70.7 Å². The summed E-state index contributed by atoms with van der Waals surface area (Å²) in [6, 6.07) is 11.0. The van der Waals surface area contributed by atoms with Gasteiger partial charge in [0, 0.05) is 23.7 Å². The van der Waals surface area contributed by atoms with Gasteiger partial charge in [0.05, 0.1) is 16.1 Å². The number of nitrogens with one attached hydrogen (secondary N) is 1. The number of hydrogen-bond donors (Lipinski definition) is 1. The first kappa shape index (κ1) is 16.3. The molecule has 1 N–H and O–H groups in total. The van der Waals surface area contributed by atoms with E-state index in [2.05, 4.69) is 10.3 Å². The molecule has 0 aliphatic carbocycles. The summed E-state index contributed by atoms with van der Waals surface area (Å²) in [5.74, 6) is -0.556. The molecule has 2 aromatic carbocycles. The first-order valence-electron chi connectivity index (χ1n) is 7.24. The molecular formula is C17H12FN3O4. The minimum atomic E-state index is -0.524. The van der Waals surface area contributed by atoms with Crippen LogP contribution in [0.2, 0.25) is 0 Å². The third-order valence-corrected chi connectivity index (χ3v) is 3.40. The van der Waals surface area contributed by atoms with E-state index < -0.39 is 16.6 Å². The highest BCUT2D eigenvalue weighted by molar-refractivity contribution is 6.01. The molecule has 25 heavy (non-hydrogen) atoms.